The molecular formula is C18H22N2O6S. The minimum atomic E-state index is -3.50. The van der Waals surface area contributed by atoms with Crippen LogP contribution in [0.4, 0.5) is 5.69 Å². The van der Waals surface area contributed by atoms with Crippen molar-refractivity contribution in [1.29, 1.82) is 0 Å². The molecule has 0 amide bonds. The lowest BCUT2D eigenvalue weighted by atomic mass is 10.2. The lowest BCUT2D eigenvalue weighted by Gasteiger charge is -2.29. The average molecular weight is 394 g/mol. The number of ether oxygens (including phenoxy) is 2. The number of rotatable bonds is 4. The van der Waals surface area contributed by atoms with E-state index in [4.69, 9.17) is 9.47 Å². The van der Waals surface area contributed by atoms with Crippen LogP contribution in [0.5, 0.6) is 0 Å². The Hall–Kier alpha value is -2.39. The number of hydrogen-bond donors (Lipinski definition) is 1. The Morgan fingerprint density at radius 1 is 1.00 bits per heavy atom. The maximum atomic E-state index is 12.6. The van der Waals surface area contributed by atoms with Crippen LogP contribution in [0.25, 0.3) is 0 Å². The number of carbonyl (C=O) groups is 2. The van der Waals surface area contributed by atoms with Crippen LogP contribution in [0.1, 0.15) is 33.1 Å². The minimum Gasteiger partial charge on any atom is -0.419 e. The second-order valence-electron chi connectivity index (χ2n) is 6.87. The topological polar surface area (TPSA) is 102 Å². The van der Waals surface area contributed by atoms with Gasteiger partial charge in [0, 0.05) is 38.8 Å². The molecule has 27 heavy (non-hydrogen) atoms. The molecule has 0 unspecified atom stereocenters. The summed E-state index contributed by atoms with van der Waals surface area (Å²) in [6.07, 6.45) is 3.98. The van der Waals surface area contributed by atoms with Gasteiger partial charge in [-0.1, -0.05) is 6.42 Å². The molecule has 1 aromatic rings. The minimum absolute atomic E-state index is 0.209. The highest BCUT2D eigenvalue weighted by atomic mass is 32.2. The Labute approximate surface area is 158 Å². The van der Waals surface area contributed by atoms with Crippen molar-refractivity contribution in [2.75, 3.05) is 18.4 Å². The van der Waals surface area contributed by atoms with Crippen LogP contribution in [0.3, 0.4) is 0 Å². The van der Waals surface area contributed by atoms with Crippen LogP contribution in [-0.2, 0) is 29.1 Å². The summed E-state index contributed by atoms with van der Waals surface area (Å²) in [5.41, 5.74) is 0.255. The molecular weight excluding hydrogens is 372 g/mol. The molecule has 2 aliphatic rings. The Balaban J connectivity index is 1.71. The molecule has 1 N–H and O–H groups in total. The molecule has 2 fully saturated rings. The van der Waals surface area contributed by atoms with Crippen molar-refractivity contribution >= 4 is 27.6 Å². The number of hydrogen-bond acceptors (Lipinski definition) is 7. The summed E-state index contributed by atoms with van der Waals surface area (Å²) in [6.45, 7) is 4.01. The molecule has 0 aliphatic carbocycles. The third-order valence-electron chi connectivity index (χ3n) is 4.31. The van der Waals surface area contributed by atoms with Gasteiger partial charge in [0.2, 0.25) is 10.0 Å². The first-order chi connectivity index (χ1) is 12.7. The normalized spacial score (nSPS) is 20.6. The molecule has 146 valence electrons. The van der Waals surface area contributed by atoms with E-state index in [9.17, 15) is 18.0 Å². The fraction of sp³-hybridized carbons (Fsp3) is 0.444. The summed E-state index contributed by atoms with van der Waals surface area (Å²) in [5, 5.41) is 2.79. The smallest absolute Gasteiger partial charge is 0.350 e. The van der Waals surface area contributed by atoms with Gasteiger partial charge in [-0.15, -0.1) is 0 Å². The van der Waals surface area contributed by atoms with Crippen molar-refractivity contribution in [3.05, 3.63) is 36.0 Å². The van der Waals surface area contributed by atoms with E-state index in [1.165, 1.54) is 36.5 Å². The first kappa shape index (κ1) is 19.4. The van der Waals surface area contributed by atoms with E-state index in [1.54, 1.807) is 12.1 Å². The van der Waals surface area contributed by atoms with E-state index in [0.29, 0.717) is 18.8 Å². The highest BCUT2D eigenvalue weighted by Gasteiger charge is 2.39. The summed E-state index contributed by atoms with van der Waals surface area (Å²) >= 11 is 0. The van der Waals surface area contributed by atoms with Crippen LogP contribution in [0, 0.1) is 0 Å². The summed E-state index contributed by atoms with van der Waals surface area (Å²) in [5.74, 6) is -2.86. The van der Waals surface area contributed by atoms with Crippen molar-refractivity contribution in [3.63, 3.8) is 0 Å². The third-order valence-corrected chi connectivity index (χ3v) is 6.22. The fourth-order valence-electron chi connectivity index (χ4n) is 2.91. The van der Waals surface area contributed by atoms with E-state index in [-0.39, 0.29) is 10.5 Å². The number of cyclic esters (lactones) is 2. The summed E-state index contributed by atoms with van der Waals surface area (Å²) in [6, 6.07) is 6.12. The van der Waals surface area contributed by atoms with E-state index in [1.807, 2.05) is 0 Å². The lowest BCUT2D eigenvalue weighted by molar-refractivity contribution is -0.222. The molecule has 8 nitrogen and oxygen atoms in total. The van der Waals surface area contributed by atoms with Gasteiger partial charge >= 0.3 is 11.9 Å². The van der Waals surface area contributed by atoms with Crippen molar-refractivity contribution in [3.8, 4) is 0 Å². The molecule has 1 aromatic carbocycles. The zero-order chi connectivity index (χ0) is 19.7. The Kier molecular flexibility index (Phi) is 5.25. The monoisotopic (exact) mass is 394 g/mol. The van der Waals surface area contributed by atoms with Crippen LogP contribution in [-0.4, -0.2) is 43.5 Å². The van der Waals surface area contributed by atoms with Crippen molar-refractivity contribution in [1.82, 2.24) is 4.31 Å². The molecule has 0 atom stereocenters. The zero-order valence-corrected chi connectivity index (χ0v) is 16.0. The number of esters is 2. The summed E-state index contributed by atoms with van der Waals surface area (Å²) < 4.78 is 36.7. The van der Waals surface area contributed by atoms with E-state index >= 15 is 0 Å². The van der Waals surface area contributed by atoms with Gasteiger partial charge in [-0.3, -0.25) is 0 Å². The van der Waals surface area contributed by atoms with E-state index in [2.05, 4.69) is 5.32 Å². The molecule has 2 aliphatic heterocycles. The van der Waals surface area contributed by atoms with Crippen molar-refractivity contribution in [2.45, 2.75) is 43.8 Å². The van der Waals surface area contributed by atoms with E-state index in [0.717, 1.165) is 19.3 Å². The Bertz CT molecular complexity index is 846. The number of carbonyl (C=O) groups excluding carboxylic acids is 2. The highest BCUT2D eigenvalue weighted by Crippen LogP contribution is 2.24. The first-order valence-corrected chi connectivity index (χ1v) is 10.2. The molecule has 0 saturated carbocycles. The van der Waals surface area contributed by atoms with Gasteiger partial charge in [0.05, 0.1) is 4.90 Å². The van der Waals surface area contributed by atoms with E-state index < -0.39 is 27.7 Å². The van der Waals surface area contributed by atoms with Crippen molar-refractivity contribution in [2.24, 2.45) is 0 Å². The molecule has 0 radical (unpaired) electrons. The van der Waals surface area contributed by atoms with Gasteiger partial charge in [0.25, 0.3) is 5.79 Å². The molecule has 2 heterocycles. The van der Waals surface area contributed by atoms with Gasteiger partial charge in [-0.2, -0.15) is 4.31 Å². The SMILES string of the molecule is CC1(C)OC(=O)C(=CNc2ccc(S(=O)(=O)N3CCCCC3)cc2)C(=O)O1. The Morgan fingerprint density at radius 3 is 2.11 bits per heavy atom. The van der Waals surface area contributed by atoms with Gasteiger partial charge in [-0.25, -0.2) is 18.0 Å². The lowest BCUT2D eigenvalue weighted by Crippen LogP contribution is -2.42. The number of nitrogens with zero attached hydrogens (tertiary/aromatic N) is 1. The van der Waals surface area contributed by atoms with Crippen LogP contribution in [0.2, 0.25) is 0 Å². The number of sulfonamides is 1. The number of piperidine rings is 1. The van der Waals surface area contributed by atoms with Gasteiger partial charge < -0.3 is 14.8 Å². The van der Waals surface area contributed by atoms with Crippen LogP contribution < -0.4 is 5.32 Å². The predicted molar refractivity (Wildman–Crippen MR) is 97.0 cm³/mol. The standard InChI is InChI=1S/C18H22N2O6S/c1-18(2)25-16(21)15(17(22)26-18)12-19-13-6-8-14(9-7-13)27(23,24)20-10-4-3-5-11-20/h6-9,12,19H,3-5,10-11H2,1-2H3. The quantitative estimate of drug-likeness (QED) is 0.473. The maximum Gasteiger partial charge on any atom is 0.350 e. The fourth-order valence-corrected chi connectivity index (χ4v) is 4.43. The molecule has 0 bridgehead atoms. The third kappa shape index (κ3) is 4.30. The van der Waals surface area contributed by atoms with Gasteiger partial charge in [-0.05, 0) is 37.1 Å². The molecule has 2 saturated heterocycles. The number of benzene rings is 1. The number of nitrogens with one attached hydrogen (secondary N) is 1. The molecule has 0 aromatic heterocycles. The van der Waals surface area contributed by atoms with Crippen LogP contribution >= 0.6 is 0 Å². The summed E-state index contributed by atoms with van der Waals surface area (Å²) in [7, 11) is -3.50. The van der Waals surface area contributed by atoms with Crippen LogP contribution in [0.15, 0.2) is 40.9 Å². The Morgan fingerprint density at radius 2 is 1.56 bits per heavy atom. The first-order valence-electron chi connectivity index (χ1n) is 8.73. The predicted octanol–water partition coefficient (Wildman–Crippen LogP) is 1.99. The number of anilines is 1. The second-order valence-corrected chi connectivity index (χ2v) is 8.81. The highest BCUT2D eigenvalue weighted by molar-refractivity contribution is 7.89. The average Bonchev–Trinajstić information content (AvgIpc) is 2.61. The molecule has 0 spiro atoms. The van der Waals surface area contributed by atoms with Gasteiger partial charge in [0.1, 0.15) is 0 Å². The molecule has 3 rings (SSSR count). The maximum absolute atomic E-state index is 12.6. The molecule has 9 heteroatoms. The van der Waals surface area contributed by atoms with Crippen molar-refractivity contribution < 1.29 is 27.5 Å². The zero-order valence-electron chi connectivity index (χ0n) is 15.2. The summed E-state index contributed by atoms with van der Waals surface area (Å²) in [4.78, 5) is 24.0. The van der Waals surface area contributed by atoms with Gasteiger partial charge in [0.15, 0.2) is 5.57 Å². The largest absolute Gasteiger partial charge is 0.419 e. The second kappa shape index (κ2) is 7.32.